The van der Waals surface area contributed by atoms with E-state index in [-0.39, 0.29) is 18.1 Å². The van der Waals surface area contributed by atoms with Crippen LogP contribution in [-0.2, 0) is 11.3 Å². The first-order valence-corrected chi connectivity index (χ1v) is 7.44. The van der Waals surface area contributed by atoms with E-state index in [4.69, 9.17) is 14.2 Å². The normalized spacial score (nSPS) is 10.2. The van der Waals surface area contributed by atoms with Crippen LogP contribution in [0.1, 0.15) is 18.1 Å². The van der Waals surface area contributed by atoms with Gasteiger partial charge in [-0.1, -0.05) is 12.1 Å². The number of carbonyl (C=O) groups excluding carboxylic acids is 1. The van der Waals surface area contributed by atoms with Crippen LogP contribution in [0.25, 0.3) is 0 Å². The van der Waals surface area contributed by atoms with Gasteiger partial charge in [-0.15, -0.1) is 0 Å². The number of ether oxygens (including phenoxy) is 4. The standard InChI is InChI=1S/C18H19FO5/c1-4-22-15-6-5-7-16(24-18(20)21-3)13(15)11-23-17-9-8-12(2)10-14(17)19/h5-10H,4,11H2,1-3H3. The number of methoxy groups -OCH3 is 1. The van der Waals surface area contributed by atoms with E-state index < -0.39 is 12.0 Å². The smallest absolute Gasteiger partial charge is 0.493 e. The molecule has 0 radical (unpaired) electrons. The van der Waals surface area contributed by atoms with Crippen LogP contribution in [0.3, 0.4) is 0 Å². The maximum absolute atomic E-state index is 13.9. The van der Waals surface area contributed by atoms with E-state index in [1.807, 2.05) is 6.92 Å². The van der Waals surface area contributed by atoms with E-state index in [9.17, 15) is 9.18 Å². The zero-order valence-corrected chi connectivity index (χ0v) is 13.8. The Kier molecular flexibility index (Phi) is 6.01. The minimum absolute atomic E-state index is 0.0253. The summed E-state index contributed by atoms with van der Waals surface area (Å²) in [6.45, 7) is 4.02. The van der Waals surface area contributed by atoms with Crippen LogP contribution in [0.5, 0.6) is 17.2 Å². The molecule has 0 bridgehead atoms. The lowest BCUT2D eigenvalue weighted by Crippen LogP contribution is -2.11. The molecule has 0 N–H and O–H groups in total. The first kappa shape index (κ1) is 17.6. The SMILES string of the molecule is CCOc1cccc(OC(=O)OC)c1COc1ccc(C)cc1F. The number of halogens is 1. The quantitative estimate of drug-likeness (QED) is 0.584. The van der Waals surface area contributed by atoms with Crippen molar-refractivity contribution in [2.75, 3.05) is 13.7 Å². The average molecular weight is 334 g/mol. The van der Waals surface area contributed by atoms with Gasteiger partial charge in [0.1, 0.15) is 18.1 Å². The van der Waals surface area contributed by atoms with Crippen LogP contribution in [0.2, 0.25) is 0 Å². The van der Waals surface area contributed by atoms with Crippen LogP contribution in [0.15, 0.2) is 36.4 Å². The van der Waals surface area contributed by atoms with Gasteiger partial charge in [0.2, 0.25) is 0 Å². The number of hydrogen-bond donors (Lipinski definition) is 0. The zero-order chi connectivity index (χ0) is 17.5. The average Bonchev–Trinajstić information content (AvgIpc) is 2.56. The molecule has 2 rings (SSSR count). The highest BCUT2D eigenvalue weighted by atomic mass is 19.1. The van der Waals surface area contributed by atoms with E-state index in [0.717, 1.165) is 5.56 Å². The zero-order valence-electron chi connectivity index (χ0n) is 13.8. The van der Waals surface area contributed by atoms with E-state index in [1.54, 1.807) is 37.3 Å². The molecule has 0 heterocycles. The molecule has 2 aromatic rings. The summed E-state index contributed by atoms with van der Waals surface area (Å²) in [5.41, 5.74) is 1.29. The summed E-state index contributed by atoms with van der Waals surface area (Å²) in [5, 5.41) is 0. The third-order valence-electron chi connectivity index (χ3n) is 3.21. The largest absolute Gasteiger partial charge is 0.513 e. The Morgan fingerprint density at radius 1 is 1.08 bits per heavy atom. The molecule has 0 saturated carbocycles. The minimum Gasteiger partial charge on any atom is -0.493 e. The maximum Gasteiger partial charge on any atom is 0.513 e. The Labute approximate surface area is 139 Å². The molecule has 0 amide bonds. The van der Waals surface area contributed by atoms with E-state index in [2.05, 4.69) is 4.74 Å². The lowest BCUT2D eigenvalue weighted by Gasteiger charge is -2.15. The Bertz CT molecular complexity index is 715. The fourth-order valence-corrected chi connectivity index (χ4v) is 2.08. The topological polar surface area (TPSA) is 54.0 Å². The number of carbonyl (C=O) groups is 1. The van der Waals surface area contributed by atoms with Crippen molar-refractivity contribution in [1.29, 1.82) is 0 Å². The summed E-state index contributed by atoms with van der Waals surface area (Å²) < 4.78 is 34.6. The van der Waals surface area contributed by atoms with Gasteiger partial charge in [0.25, 0.3) is 0 Å². The molecule has 0 spiro atoms. The van der Waals surface area contributed by atoms with Crippen molar-refractivity contribution < 1.29 is 28.1 Å². The van der Waals surface area contributed by atoms with Gasteiger partial charge in [-0.3, -0.25) is 0 Å². The molecule has 2 aromatic carbocycles. The molecule has 0 unspecified atom stereocenters. The summed E-state index contributed by atoms with van der Waals surface area (Å²) in [6, 6.07) is 9.67. The fraction of sp³-hybridized carbons (Fsp3) is 0.278. The van der Waals surface area contributed by atoms with Gasteiger partial charge in [-0.05, 0) is 43.7 Å². The van der Waals surface area contributed by atoms with Crippen LogP contribution in [-0.4, -0.2) is 19.9 Å². The van der Waals surface area contributed by atoms with Crippen molar-refractivity contribution in [1.82, 2.24) is 0 Å². The van der Waals surface area contributed by atoms with E-state index in [1.165, 1.54) is 13.2 Å². The van der Waals surface area contributed by atoms with Crippen molar-refractivity contribution in [3.8, 4) is 17.2 Å². The second-order valence-electron chi connectivity index (χ2n) is 4.94. The van der Waals surface area contributed by atoms with Crippen LogP contribution in [0, 0.1) is 12.7 Å². The third kappa shape index (κ3) is 4.38. The van der Waals surface area contributed by atoms with Gasteiger partial charge < -0.3 is 18.9 Å². The number of rotatable bonds is 6. The Hall–Kier alpha value is -2.76. The molecule has 0 aliphatic heterocycles. The Morgan fingerprint density at radius 2 is 1.83 bits per heavy atom. The predicted molar refractivity (Wildman–Crippen MR) is 86.1 cm³/mol. The molecule has 24 heavy (non-hydrogen) atoms. The van der Waals surface area contributed by atoms with Crippen molar-refractivity contribution in [2.45, 2.75) is 20.5 Å². The van der Waals surface area contributed by atoms with Gasteiger partial charge in [0.05, 0.1) is 19.3 Å². The Balaban J connectivity index is 2.26. The van der Waals surface area contributed by atoms with E-state index in [0.29, 0.717) is 17.9 Å². The fourth-order valence-electron chi connectivity index (χ4n) is 2.08. The lowest BCUT2D eigenvalue weighted by atomic mass is 10.2. The number of hydrogen-bond acceptors (Lipinski definition) is 5. The number of benzene rings is 2. The third-order valence-corrected chi connectivity index (χ3v) is 3.21. The monoisotopic (exact) mass is 334 g/mol. The van der Waals surface area contributed by atoms with Gasteiger partial charge in [-0.2, -0.15) is 0 Å². The minimum atomic E-state index is -0.855. The molecule has 0 aliphatic rings. The summed E-state index contributed by atoms with van der Waals surface area (Å²) >= 11 is 0. The van der Waals surface area contributed by atoms with Gasteiger partial charge in [-0.25, -0.2) is 9.18 Å². The van der Waals surface area contributed by atoms with Crippen molar-refractivity contribution in [2.24, 2.45) is 0 Å². The second-order valence-corrected chi connectivity index (χ2v) is 4.94. The van der Waals surface area contributed by atoms with Crippen molar-refractivity contribution in [3.05, 3.63) is 53.3 Å². The lowest BCUT2D eigenvalue weighted by molar-refractivity contribution is 0.120. The highest BCUT2D eigenvalue weighted by molar-refractivity contribution is 5.65. The molecule has 0 aromatic heterocycles. The van der Waals surface area contributed by atoms with E-state index >= 15 is 0 Å². The van der Waals surface area contributed by atoms with Crippen LogP contribution in [0.4, 0.5) is 9.18 Å². The molecule has 5 nitrogen and oxygen atoms in total. The molecular formula is C18H19FO5. The van der Waals surface area contributed by atoms with Crippen molar-refractivity contribution in [3.63, 3.8) is 0 Å². The molecule has 0 fully saturated rings. The molecule has 0 atom stereocenters. The predicted octanol–water partition coefficient (Wildman–Crippen LogP) is 4.26. The molecule has 128 valence electrons. The highest BCUT2D eigenvalue weighted by Crippen LogP contribution is 2.31. The van der Waals surface area contributed by atoms with Gasteiger partial charge in [0, 0.05) is 0 Å². The van der Waals surface area contributed by atoms with Gasteiger partial charge >= 0.3 is 6.16 Å². The maximum atomic E-state index is 13.9. The van der Waals surface area contributed by atoms with Crippen molar-refractivity contribution >= 4 is 6.16 Å². The summed E-state index contributed by atoms with van der Waals surface area (Å²) in [6.07, 6.45) is -0.855. The first-order valence-electron chi connectivity index (χ1n) is 7.44. The number of aryl methyl sites for hydroxylation is 1. The highest BCUT2D eigenvalue weighted by Gasteiger charge is 2.16. The molecule has 0 saturated heterocycles. The summed E-state index contributed by atoms with van der Waals surface area (Å²) in [7, 11) is 1.21. The second kappa shape index (κ2) is 8.19. The summed E-state index contributed by atoms with van der Waals surface area (Å²) in [5.74, 6) is 0.377. The molecular weight excluding hydrogens is 315 g/mol. The van der Waals surface area contributed by atoms with Gasteiger partial charge in [0.15, 0.2) is 11.6 Å². The summed E-state index contributed by atoms with van der Waals surface area (Å²) in [4.78, 5) is 11.4. The molecule has 6 heteroatoms. The first-order chi connectivity index (χ1) is 11.5. The van der Waals surface area contributed by atoms with Crippen LogP contribution < -0.4 is 14.2 Å². The molecule has 0 aliphatic carbocycles. The van der Waals surface area contributed by atoms with Crippen LogP contribution >= 0.6 is 0 Å². The Morgan fingerprint density at radius 3 is 2.50 bits per heavy atom.